The van der Waals surface area contributed by atoms with Crippen LogP contribution >= 0.6 is 15.9 Å². The molecule has 4 nitrogen and oxygen atoms in total. The monoisotopic (exact) mass is 384 g/mol. The van der Waals surface area contributed by atoms with Crippen molar-refractivity contribution in [1.82, 2.24) is 5.32 Å². The second kappa shape index (κ2) is 6.93. The van der Waals surface area contributed by atoms with Crippen LogP contribution in [0.4, 0.5) is 10.5 Å². The van der Waals surface area contributed by atoms with Crippen LogP contribution < -0.4 is 10.2 Å². The minimum Gasteiger partial charge on any atom is -0.508 e. The van der Waals surface area contributed by atoms with Crippen molar-refractivity contribution in [3.8, 4) is 5.75 Å². The number of carbonyl (C=O) groups is 1. The number of phenols is 1. The molecule has 2 N–H and O–H groups in total. The van der Waals surface area contributed by atoms with Crippen molar-refractivity contribution in [2.24, 2.45) is 0 Å². The molecule has 0 atom stereocenters. The summed E-state index contributed by atoms with van der Waals surface area (Å²) in [4.78, 5) is 14.0. The molecule has 0 aromatic heterocycles. The molecule has 0 aliphatic carbocycles. The summed E-state index contributed by atoms with van der Waals surface area (Å²) in [6.07, 6.45) is 0. The summed E-state index contributed by atoms with van der Waals surface area (Å²) in [5.41, 5.74) is 1.77. The Morgan fingerprint density at radius 2 is 1.88 bits per heavy atom. The van der Waals surface area contributed by atoms with Gasteiger partial charge in [-0.15, -0.1) is 0 Å². The van der Waals surface area contributed by atoms with Crippen molar-refractivity contribution in [3.05, 3.63) is 70.7 Å². The van der Waals surface area contributed by atoms with Gasteiger partial charge in [0.05, 0.1) is 5.69 Å². The first-order valence-electron chi connectivity index (χ1n) is 7.52. The smallest absolute Gasteiger partial charge is 0.321 e. The zero-order valence-corrected chi connectivity index (χ0v) is 14.7. The van der Waals surface area contributed by atoms with Crippen molar-refractivity contribution in [2.75, 3.05) is 11.9 Å². The van der Waals surface area contributed by atoms with Crippen LogP contribution in [0.3, 0.4) is 0 Å². The summed E-state index contributed by atoms with van der Waals surface area (Å²) in [5, 5.41) is 14.4. The van der Waals surface area contributed by atoms with E-state index in [1.54, 1.807) is 24.1 Å². The molecule has 24 heavy (non-hydrogen) atoms. The van der Waals surface area contributed by atoms with E-state index in [2.05, 4.69) is 21.2 Å². The van der Waals surface area contributed by atoms with Crippen LogP contribution in [0.2, 0.25) is 0 Å². The largest absolute Gasteiger partial charge is 0.508 e. The van der Waals surface area contributed by atoms with Crippen molar-refractivity contribution in [1.29, 1.82) is 0 Å². The summed E-state index contributed by atoms with van der Waals surface area (Å²) in [5.74, 6) is 0.179. The Labute approximate surface area is 148 Å². The van der Waals surface area contributed by atoms with E-state index in [0.29, 0.717) is 6.54 Å². The molecule has 122 valence electrons. The number of carbonyl (C=O) groups excluding carboxylic acids is 1. The van der Waals surface area contributed by atoms with Crippen LogP contribution in [0.25, 0.3) is 10.8 Å². The van der Waals surface area contributed by atoms with E-state index >= 15 is 0 Å². The molecule has 0 heterocycles. The Morgan fingerprint density at radius 3 is 2.62 bits per heavy atom. The van der Waals surface area contributed by atoms with E-state index in [4.69, 9.17) is 0 Å². The number of phenolic OH excluding ortho intramolecular Hbond substituents is 1. The lowest BCUT2D eigenvalue weighted by molar-refractivity contribution is 0.247. The molecule has 0 bridgehead atoms. The molecule has 0 saturated carbocycles. The fraction of sp³-hybridized carbons (Fsp3) is 0.105. The molecule has 5 heteroatoms. The minimum atomic E-state index is -0.200. The van der Waals surface area contributed by atoms with Gasteiger partial charge in [0, 0.05) is 23.5 Å². The third-order valence-corrected chi connectivity index (χ3v) is 4.39. The maximum atomic E-state index is 12.5. The Kier molecular flexibility index (Phi) is 4.71. The molecule has 0 unspecified atom stereocenters. The number of hydrogen-bond acceptors (Lipinski definition) is 2. The number of hydrogen-bond donors (Lipinski definition) is 2. The van der Waals surface area contributed by atoms with Crippen molar-refractivity contribution in [3.63, 3.8) is 0 Å². The number of halogens is 1. The van der Waals surface area contributed by atoms with E-state index in [1.165, 1.54) is 0 Å². The molecule has 0 spiro atoms. The summed E-state index contributed by atoms with van der Waals surface area (Å²) in [6, 6.07) is 18.5. The van der Waals surface area contributed by atoms with E-state index in [9.17, 15) is 9.90 Å². The summed E-state index contributed by atoms with van der Waals surface area (Å²) in [7, 11) is 1.72. The molecule has 2 amide bonds. The van der Waals surface area contributed by atoms with Crippen LogP contribution in [0, 0.1) is 0 Å². The number of amides is 2. The fourth-order valence-corrected chi connectivity index (χ4v) is 2.81. The summed E-state index contributed by atoms with van der Waals surface area (Å²) >= 11 is 3.39. The molecule has 0 saturated heterocycles. The molecule has 3 aromatic rings. The first-order chi connectivity index (χ1) is 11.5. The third kappa shape index (κ3) is 3.51. The van der Waals surface area contributed by atoms with Gasteiger partial charge in [-0.2, -0.15) is 0 Å². The van der Waals surface area contributed by atoms with Gasteiger partial charge in [0.25, 0.3) is 0 Å². The van der Waals surface area contributed by atoms with Crippen LogP contribution in [0.15, 0.2) is 65.1 Å². The predicted octanol–water partition coefficient (Wildman–Crippen LogP) is 4.65. The highest BCUT2D eigenvalue weighted by molar-refractivity contribution is 9.10. The SMILES string of the molecule is CN(C(=O)NCc1ccc(Br)cc1)c1cccc2ccc(O)cc12. The number of aromatic hydroxyl groups is 1. The highest BCUT2D eigenvalue weighted by atomic mass is 79.9. The van der Waals surface area contributed by atoms with Crippen LogP contribution in [-0.2, 0) is 6.54 Å². The van der Waals surface area contributed by atoms with Gasteiger partial charge in [0.2, 0.25) is 0 Å². The van der Waals surface area contributed by atoms with Crippen molar-refractivity contribution in [2.45, 2.75) is 6.54 Å². The van der Waals surface area contributed by atoms with Gasteiger partial charge in [-0.25, -0.2) is 4.79 Å². The highest BCUT2D eigenvalue weighted by Gasteiger charge is 2.13. The molecule has 3 rings (SSSR count). The van der Waals surface area contributed by atoms with E-state index in [-0.39, 0.29) is 11.8 Å². The predicted molar refractivity (Wildman–Crippen MR) is 100 cm³/mol. The molecule has 0 aliphatic rings. The van der Waals surface area contributed by atoms with Gasteiger partial charge in [-0.3, -0.25) is 4.90 Å². The van der Waals surface area contributed by atoms with E-state index < -0.39 is 0 Å². The van der Waals surface area contributed by atoms with Crippen LogP contribution in [-0.4, -0.2) is 18.2 Å². The Bertz CT molecular complexity index is 878. The van der Waals surface area contributed by atoms with Gasteiger partial charge < -0.3 is 10.4 Å². The minimum absolute atomic E-state index is 0.179. The zero-order valence-electron chi connectivity index (χ0n) is 13.2. The number of benzene rings is 3. The van der Waals surface area contributed by atoms with Gasteiger partial charge in [0.15, 0.2) is 0 Å². The van der Waals surface area contributed by atoms with Gasteiger partial charge >= 0.3 is 6.03 Å². The maximum absolute atomic E-state index is 12.5. The van der Waals surface area contributed by atoms with Gasteiger partial charge in [0.1, 0.15) is 5.75 Å². The number of anilines is 1. The average Bonchev–Trinajstić information content (AvgIpc) is 2.59. The highest BCUT2D eigenvalue weighted by Crippen LogP contribution is 2.29. The maximum Gasteiger partial charge on any atom is 0.321 e. The lowest BCUT2D eigenvalue weighted by Crippen LogP contribution is -2.36. The first kappa shape index (κ1) is 16.3. The standard InChI is InChI=1S/C19H17BrN2O2/c1-22(19(24)21-12-13-5-8-15(20)9-6-13)18-4-2-3-14-7-10-16(23)11-17(14)18/h2-11,23H,12H2,1H3,(H,21,24). The van der Waals surface area contributed by atoms with Gasteiger partial charge in [-0.05, 0) is 41.3 Å². The summed E-state index contributed by atoms with van der Waals surface area (Å²) < 4.78 is 1.00. The molecular formula is C19H17BrN2O2. The Hall–Kier alpha value is -2.53. The quantitative estimate of drug-likeness (QED) is 0.690. The van der Waals surface area contributed by atoms with Crippen LogP contribution in [0.1, 0.15) is 5.56 Å². The third-order valence-electron chi connectivity index (χ3n) is 3.87. The molecule has 0 aliphatic heterocycles. The second-order valence-corrected chi connectivity index (χ2v) is 6.44. The normalized spacial score (nSPS) is 10.6. The van der Waals surface area contributed by atoms with Crippen LogP contribution in [0.5, 0.6) is 5.75 Å². The number of nitrogens with zero attached hydrogens (tertiary/aromatic N) is 1. The number of urea groups is 1. The molecule has 0 radical (unpaired) electrons. The lowest BCUT2D eigenvalue weighted by atomic mass is 10.1. The number of nitrogens with one attached hydrogen (secondary N) is 1. The number of rotatable bonds is 3. The number of fused-ring (bicyclic) bond motifs is 1. The second-order valence-electron chi connectivity index (χ2n) is 5.53. The lowest BCUT2D eigenvalue weighted by Gasteiger charge is -2.20. The first-order valence-corrected chi connectivity index (χ1v) is 8.31. The van der Waals surface area contributed by atoms with Crippen molar-refractivity contribution >= 4 is 38.4 Å². The van der Waals surface area contributed by atoms with E-state index in [0.717, 1.165) is 26.5 Å². The fourth-order valence-electron chi connectivity index (χ4n) is 2.54. The topological polar surface area (TPSA) is 52.6 Å². The Morgan fingerprint density at radius 1 is 1.12 bits per heavy atom. The molecule has 3 aromatic carbocycles. The molecule has 0 fully saturated rings. The van der Waals surface area contributed by atoms with Gasteiger partial charge in [-0.1, -0.05) is 46.3 Å². The van der Waals surface area contributed by atoms with Crippen molar-refractivity contribution < 1.29 is 9.90 Å². The zero-order chi connectivity index (χ0) is 17.1. The van der Waals surface area contributed by atoms with E-state index in [1.807, 2.05) is 48.5 Å². The molecular weight excluding hydrogens is 368 g/mol. The Balaban J connectivity index is 1.78. The summed E-state index contributed by atoms with van der Waals surface area (Å²) in [6.45, 7) is 0.451. The average molecular weight is 385 g/mol.